The molecular weight excluding hydrogens is 294 g/mol. The molecule has 2 fully saturated rings. The van der Waals surface area contributed by atoms with Crippen LogP contribution in [0.15, 0.2) is 0 Å². The Morgan fingerprint density at radius 3 is 2.81 bits per heavy atom. The number of nitrogen functional groups attached to an aromatic ring is 1. The highest BCUT2D eigenvalue weighted by Gasteiger charge is 2.34. The van der Waals surface area contributed by atoms with Crippen molar-refractivity contribution in [2.45, 2.75) is 31.7 Å². The van der Waals surface area contributed by atoms with Crippen LogP contribution < -0.4 is 5.73 Å². The molecule has 2 saturated heterocycles. The van der Waals surface area contributed by atoms with E-state index in [9.17, 15) is 9.59 Å². The molecule has 7 nitrogen and oxygen atoms in total. The van der Waals surface area contributed by atoms with E-state index in [0.717, 1.165) is 25.8 Å². The predicted molar refractivity (Wildman–Crippen MR) is 77.9 cm³/mol. The molecule has 0 aromatic carbocycles. The number of nitrogens with zero attached hydrogens (tertiary/aromatic N) is 3. The molecule has 0 bridgehead atoms. The molecule has 1 aromatic rings. The SMILES string of the molecule is Nc1n[nH]c(C(=O)N2CCCC(N3CCCC3=O)C2)c1Cl. The third-order valence-corrected chi connectivity index (χ3v) is 4.56. The molecule has 3 rings (SSSR count). The number of piperidine rings is 1. The maximum absolute atomic E-state index is 12.5. The van der Waals surface area contributed by atoms with E-state index >= 15 is 0 Å². The second kappa shape index (κ2) is 5.55. The summed E-state index contributed by atoms with van der Waals surface area (Å²) in [7, 11) is 0. The van der Waals surface area contributed by atoms with Crippen LogP contribution in [0, 0.1) is 0 Å². The van der Waals surface area contributed by atoms with E-state index in [0.29, 0.717) is 19.5 Å². The molecule has 1 aromatic heterocycles. The summed E-state index contributed by atoms with van der Waals surface area (Å²) >= 11 is 5.98. The van der Waals surface area contributed by atoms with E-state index in [1.807, 2.05) is 4.90 Å². The molecule has 0 radical (unpaired) electrons. The van der Waals surface area contributed by atoms with Gasteiger partial charge >= 0.3 is 0 Å². The smallest absolute Gasteiger partial charge is 0.273 e. The number of likely N-dealkylation sites (tertiary alicyclic amines) is 2. The molecule has 1 unspecified atom stereocenters. The average molecular weight is 312 g/mol. The first-order chi connectivity index (χ1) is 10.1. The molecule has 3 heterocycles. The van der Waals surface area contributed by atoms with Crippen molar-refractivity contribution in [3.8, 4) is 0 Å². The Labute approximate surface area is 127 Å². The Morgan fingerprint density at radius 1 is 1.38 bits per heavy atom. The predicted octanol–water partition coefficient (Wildman–Crippen LogP) is 0.872. The van der Waals surface area contributed by atoms with Gasteiger partial charge in [0.2, 0.25) is 5.91 Å². The maximum Gasteiger partial charge on any atom is 0.273 e. The summed E-state index contributed by atoms with van der Waals surface area (Å²) in [6, 6.07) is 0.108. The second-order valence-electron chi connectivity index (χ2n) is 5.54. The zero-order valence-electron chi connectivity index (χ0n) is 11.6. The number of halogens is 1. The van der Waals surface area contributed by atoms with E-state index in [1.165, 1.54) is 0 Å². The van der Waals surface area contributed by atoms with Crippen molar-refractivity contribution in [3.63, 3.8) is 0 Å². The van der Waals surface area contributed by atoms with Gasteiger partial charge in [-0.05, 0) is 19.3 Å². The van der Waals surface area contributed by atoms with Crippen LogP contribution >= 0.6 is 11.6 Å². The molecule has 114 valence electrons. The number of carbonyl (C=O) groups excluding carboxylic acids is 2. The van der Waals surface area contributed by atoms with E-state index in [1.54, 1.807) is 4.90 Å². The minimum Gasteiger partial charge on any atom is -0.381 e. The van der Waals surface area contributed by atoms with Gasteiger partial charge in [-0.1, -0.05) is 11.6 Å². The quantitative estimate of drug-likeness (QED) is 0.847. The first kappa shape index (κ1) is 14.2. The fourth-order valence-electron chi connectivity index (χ4n) is 3.09. The maximum atomic E-state index is 12.5. The summed E-state index contributed by atoms with van der Waals surface area (Å²) < 4.78 is 0. The molecule has 2 amide bonds. The second-order valence-corrected chi connectivity index (χ2v) is 5.91. The molecule has 0 saturated carbocycles. The first-order valence-corrected chi connectivity index (χ1v) is 7.54. The lowest BCUT2D eigenvalue weighted by atomic mass is 10.0. The van der Waals surface area contributed by atoms with Crippen LogP contribution in [0.25, 0.3) is 0 Å². The number of nitrogens with one attached hydrogen (secondary N) is 1. The summed E-state index contributed by atoms with van der Waals surface area (Å²) in [5.41, 5.74) is 5.78. The third kappa shape index (κ3) is 2.57. The summed E-state index contributed by atoms with van der Waals surface area (Å²) in [5.74, 6) is 0.113. The Balaban J connectivity index is 1.72. The standard InChI is InChI=1S/C13H18ClN5O2/c14-10-11(16-17-12(10)15)13(21)18-5-1-3-8(7-18)19-6-2-4-9(19)20/h8H,1-7H2,(H3,15,16,17). The first-order valence-electron chi connectivity index (χ1n) is 7.16. The molecular formula is C13H18ClN5O2. The Kier molecular flexibility index (Phi) is 3.75. The van der Waals surface area contributed by atoms with Crippen molar-refractivity contribution in [1.29, 1.82) is 0 Å². The minimum absolute atomic E-state index is 0.108. The van der Waals surface area contributed by atoms with Crippen LogP contribution in [-0.2, 0) is 4.79 Å². The van der Waals surface area contributed by atoms with Gasteiger partial charge in [0.25, 0.3) is 5.91 Å². The van der Waals surface area contributed by atoms with Gasteiger partial charge in [0.15, 0.2) is 5.82 Å². The lowest BCUT2D eigenvalue weighted by Crippen LogP contribution is -2.50. The van der Waals surface area contributed by atoms with Gasteiger partial charge in [-0.15, -0.1) is 0 Å². The Hall–Kier alpha value is -1.76. The number of hydrogen-bond donors (Lipinski definition) is 2. The van der Waals surface area contributed by atoms with E-state index < -0.39 is 0 Å². The number of hydrogen-bond acceptors (Lipinski definition) is 4. The van der Waals surface area contributed by atoms with Gasteiger partial charge in [-0.25, -0.2) is 0 Å². The van der Waals surface area contributed by atoms with E-state index in [-0.39, 0.29) is 34.4 Å². The third-order valence-electron chi connectivity index (χ3n) is 4.18. The minimum atomic E-state index is -0.208. The molecule has 2 aliphatic rings. The highest BCUT2D eigenvalue weighted by atomic mass is 35.5. The average Bonchev–Trinajstić information content (AvgIpc) is 3.06. The zero-order valence-corrected chi connectivity index (χ0v) is 12.4. The number of nitrogens with two attached hydrogens (primary N) is 1. The normalized spacial score (nSPS) is 22.9. The van der Waals surface area contributed by atoms with Crippen LogP contribution in [0.3, 0.4) is 0 Å². The Morgan fingerprint density at radius 2 is 2.19 bits per heavy atom. The van der Waals surface area contributed by atoms with Crippen molar-refractivity contribution >= 4 is 29.2 Å². The van der Waals surface area contributed by atoms with Crippen molar-refractivity contribution in [2.75, 3.05) is 25.4 Å². The number of carbonyl (C=O) groups is 2. The topological polar surface area (TPSA) is 95.3 Å². The van der Waals surface area contributed by atoms with Gasteiger partial charge < -0.3 is 15.5 Å². The highest BCUT2D eigenvalue weighted by molar-refractivity contribution is 6.35. The van der Waals surface area contributed by atoms with Gasteiger partial charge in [-0.3, -0.25) is 14.7 Å². The number of H-pyrrole nitrogens is 1. The van der Waals surface area contributed by atoms with Crippen LogP contribution in [0.4, 0.5) is 5.82 Å². The van der Waals surface area contributed by atoms with E-state index in [4.69, 9.17) is 17.3 Å². The molecule has 0 spiro atoms. The lowest BCUT2D eigenvalue weighted by Gasteiger charge is -2.37. The number of rotatable bonds is 2. The zero-order chi connectivity index (χ0) is 15.0. The van der Waals surface area contributed by atoms with Crippen molar-refractivity contribution < 1.29 is 9.59 Å². The molecule has 21 heavy (non-hydrogen) atoms. The monoisotopic (exact) mass is 311 g/mol. The van der Waals surface area contributed by atoms with Gasteiger partial charge in [0.1, 0.15) is 10.7 Å². The van der Waals surface area contributed by atoms with Crippen molar-refractivity contribution in [3.05, 3.63) is 10.7 Å². The van der Waals surface area contributed by atoms with Crippen molar-refractivity contribution in [1.82, 2.24) is 20.0 Å². The van der Waals surface area contributed by atoms with Crippen LogP contribution in [-0.4, -0.2) is 57.5 Å². The number of amides is 2. The van der Waals surface area contributed by atoms with Gasteiger partial charge in [-0.2, -0.15) is 5.10 Å². The molecule has 8 heteroatoms. The lowest BCUT2D eigenvalue weighted by molar-refractivity contribution is -0.130. The molecule has 0 aliphatic carbocycles. The number of anilines is 1. The Bertz CT molecular complexity index is 573. The number of aromatic nitrogens is 2. The fraction of sp³-hybridized carbons (Fsp3) is 0.615. The van der Waals surface area contributed by atoms with Gasteiger partial charge in [0, 0.05) is 32.1 Å². The van der Waals surface area contributed by atoms with E-state index in [2.05, 4.69) is 10.2 Å². The van der Waals surface area contributed by atoms with Crippen molar-refractivity contribution in [2.24, 2.45) is 0 Å². The van der Waals surface area contributed by atoms with Crippen LogP contribution in [0.5, 0.6) is 0 Å². The van der Waals surface area contributed by atoms with Gasteiger partial charge in [0.05, 0.1) is 0 Å². The summed E-state index contributed by atoms with van der Waals surface area (Å²) in [5, 5.41) is 6.50. The fourth-order valence-corrected chi connectivity index (χ4v) is 3.26. The molecule has 3 N–H and O–H groups in total. The largest absolute Gasteiger partial charge is 0.381 e. The number of aromatic amines is 1. The van der Waals surface area contributed by atoms with Crippen LogP contribution in [0.1, 0.15) is 36.2 Å². The summed E-state index contributed by atoms with van der Waals surface area (Å²) in [4.78, 5) is 28.0. The summed E-state index contributed by atoms with van der Waals surface area (Å²) in [6.45, 7) is 2.00. The van der Waals surface area contributed by atoms with Crippen LogP contribution in [0.2, 0.25) is 5.02 Å². The molecule has 2 aliphatic heterocycles. The summed E-state index contributed by atoms with van der Waals surface area (Å²) in [6.07, 6.45) is 3.34. The molecule has 1 atom stereocenters. The highest BCUT2D eigenvalue weighted by Crippen LogP contribution is 2.25.